The van der Waals surface area contributed by atoms with E-state index < -0.39 is 0 Å². The van der Waals surface area contributed by atoms with Gasteiger partial charge in [-0.1, -0.05) is 23.8 Å². The number of hydrogen-bond acceptors (Lipinski definition) is 2. The topological polar surface area (TPSA) is 32.3 Å². The van der Waals surface area contributed by atoms with Crippen LogP contribution in [0.4, 0.5) is 0 Å². The average Bonchev–Trinajstić information content (AvgIpc) is 3.09. The zero-order valence-corrected chi connectivity index (χ0v) is 11.1. The third-order valence-corrected chi connectivity index (χ3v) is 3.77. The minimum absolute atomic E-state index is 0.142. The Morgan fingerprint density at radius 2 is 2.06 bits per heavy atom. The maximum atomic E-state index is 9.70. The number of rotatable bonds is 5. The molecule has 0 bridgehead atoms. The second kappa shape index (κ2) is 4.79. The number of aliphatic hydroxyl groups is 1. The second-order valence-corrected chi connectivity index (χ2v) is 5.63. The van der Waals surface area contributed by atoms with E-state index in [4.69, 9.17) is 0 Å². The monoisotopic (exact) mass is 233 g/mol. The molecular weight excluding hydrogens is 210 g/mol. The summed E-state index contributed by atoms with van der Waals surface area (Å²) in [6, 6.07) is 6.44. The molecule has 1 aliphatic rings. The molecule has 1 unspecified atom stereocenters. The summed E-state index contributed by atoms with van der Waals surface area (Å²) in [6.07, 6.45) is 2.67. The van der Waals surface area contributed by atoms with E-state index in [1.165, 1.54) is 29.5 Å². The van der Waals surface area contributed by atoms with Gasteiger partial charge in [0.2, 0.25) is 0 Å². The van der Waals surface area contributed by atoms with Crippen LogP contribution in [0.1, 0.15) is 36.5 Å². The predicted molar refractivity (Wildman–Crippen MR) is 71.1 cm³/mol. The summed E-state index contributed by atoms with van der Waals surface area (Å²) in [5.74, 6) is 0.826. The van der Waals surface area contributed by atoms with Gasteiger partial charge in [0.15, 0.2) is 0 Å². The molecule has 1 aromatic carbocycles. The van der Waals surface area contributed by atoms with Gasteiger partial charge in [-0.2, -0.15) is 0 Å². The SMILES string of the molecule is Cc1ccc(C(C)(CO)NCC2CC2)c(C)c1. The number of benzene rings is 1. The maximum Gasteiger partial charge on any atom is 0.0652 e. The third kappa shape index (κ3) is 2.88. The molecule has 1 atom stereocenters. The maximum absolute atomic E-state index is 9.70. The van der Waals surface area contributed by atoms with Gasteiger partial charge in [-0.3, -0.25) is 0 Å². The van der Waals surface area contributed by atoms with Gasteiger partial charge in [0, 0.05) is 0 Å². The van der Waals surface area contributed by atoms with Crippen LogP contribution in [-0.4, -0.2) is 18.3 Å². The van der Waals surface area contributed by atoms with Crippen LogP contribution in [0.2, 0.25) is 0 Å². The predicted octanol–water partition coefficient (Wildman–Crippen LogP) is 2.51. The Balaban J connectivity index is 2.18. The average molecular weight is 233 g/mol. The zero-order chi connectivity index (χ0) is 12.5. The summed E-state index contributed by atoms with van der Waals surface area (Å²) in [4.78, 5) is 0. The van der Waals surface area contributed by atoms with Crippen molar-refractivity contribution in [1.29, 1.82) is 0 Å². The lowest BCUT2D eigenvalue weighted by Crippen LogP contribution is -2.44. The van der Waals surface area contributed by atoms with Crippen molar-refractivity contribution in [2.24, 2.45) is 5.92 Å². The Kier molecular flexibility index (Phi) is 3.55. The molecule has 1 saturated carbocycles. The molecule has 0 aliphatic heterocycles. The van der Waals surface area contributed by atoms with Crippen LogP contribution < -0.4 is 5.32 Å². The molecule has 2 nitrogen and oxygen atoms in total. The lowest BCUT2D eigenvalue weighted by atomic mass is 9.88. The highest BCUT2D eigenvalue weighted by Gasteiger charge is 2.30. The van der Waals surface area contributed by atoms with Crippen molar-refractivity contribution in [2.45, 2.75) is 39.2 Å². The van der Waals surface area contributed by atoms with Gasteiger partial charge in [-0.15, -0.1) is 0 Å². The van der Waals surface area contributed by atoms with E-state index in [-0.39, 0.29) is 12.1 Å². The van der Waals surface area contributed by atoms with Crippen LogP contribution in [0.15, 0.2) is 18.2 Å². The fraction of sp³-hybridized carbons (Fsp3) is 0.600. The highest BCUT2D eigenvalue weighted by molar-refractivity contribution is 5.35. The van der Waals surface area contributed by atoms with E-state index >= 15 is 0 Å². The first-order chi connectivity index (χ1) is 8.05. The Labute approximate surface area is 104 Å². The lowest BCUT2D eigenvalue weighted by molar-refractivity contribution is 0.173. The molecule has 17 heavy (non-hydrogen) atoms. The molecule has 0 heterocycles. The van der Waals surface area contributed by atoms with Gasteiger partial charge in [-0.25, -0.2) is 0 Å². The standard InChI is InChI=1S/C15H23NO/c1-11-4-7-14(12(2)8-11)15(3,10-17)16-9-13-5-6-13/h4,7-8,13,16-17H,5-6,9-10H2,1-3H3. The largest absolute Gasteiger partial charge is 0.394 e. The molecule has 94 valence electrons. The summed E-state index contributed by atoms with van der Waals surface area (Å²) in [6.45, 7) is 7.47. The lowest BCUT2D eigenvalue weighted by Gasteiger charge is -2.31. The molecule has 1 aromatic rings. The normalized spacial score (nSPS) is 19.1. The van der Waals surface area contributed by atoms with Gasteiger partial charge in [0.25, 0.3) is 0 Å². The third-order valence-electron chi connectivity index (χ3n) is 3.77. The Morgan fingerprint density at radius 1 is 1.35 bits per heavy atom. The summed E-state index contributed by atoms with van der Waals surface area (Å²) < 4.78 is 0. The van der Waals surface area contributed by atoms with Crippen LogP contribution >= 0.6 is 0 Å². The number of nitrogens with one attached hydrogen (secondary N) is 1. The second-order valence-electron chi connectivity index (χ2n) is 5.63. The van der Waals surface area contributed by atoms with Gasteiger partial charge in [0.1, 0.15) is 0 Å². The van der Waals surface area contributed by atoms with Gasteiger partial charge in [0.05, 0.1) is 12.1 Å². The van der Waals surface area contributed by atoms with Crippen LogP contribution in [0.3, 0.4) is 0 Å². The Hall–Kier alpha value is -0.860. The van der Waals surface area contributed by atoms with Gasteiger partial charge < -0.3 is 10.4 Å². The van der Waals surface area contributed by atoms with Gasteiger partial charge >= 0.3 is 0 Å². The van der Waals surface area contributed by atoms with Gasteiger partial charge in [-0.05, 0) is 57.2 Å². The van der Waals surface area contributed by atoms with E-state index in [0.717, 1.165) is 12.5 Å². The summed E-state index contributed by atoms with van der Waals surface area (Å²) in [7, 11) is 0. The summed E-state index contributed by atoms with van der Waals surface area (Å²) in [5.41, 5.74) is 3.44. The van der Waals surface area contributed by atoms with Crippen molar-refractivity contribution in [2.75, 3.05) is 13.2 Å². The molecule has 0 aromatic heterocycles. The molecule has 2 N–H and O–H groups in total. The summed E-state index contributed by atoms with van der Waals surface area (Å²) >= 11 is 0. The van der Waals surface area contributed by atoms with E-state index in [1.54, 1.807) is 0 Å². The smallest absolute Gasteiger partial charge is 0.0652 e. The Bertz CT molecular complexity index is 398. The molecule has 2 heteroatoms. The van der Waals surface area contributed by atoms with Crippen molar-refractivity contribution < 1.29 is 5.11 Å². The van der Waals surface area contributed by atoms with E-state index in [1.807, 2.05) is 0 Å². The molecular formula is C15H23NO. The first-order valence-electron chi connectivity index (χ1n) is 6.49. The number of aryl methyl sites for hydroxylation is 2. The van der Waals surface area contributed by atoms with Crippen molar-refractivity contribution in [3.05, 3.63) is 34.9 Å². The van der Waals surface area contributed by atoms with E-state index in [2.05, 4.69) is 44.3 Å². The quantitative estimate of drug-likeness (QED) is 0.819. The first kappa shape index (κ1) is 12.6. The molecule has 1 aliphatic carbocycles. The van der Waals surface area contributed by atoms with Crippen LogP contribution in [0.5, 0.6) is 0 Å². The molecule has 2 rings (SSSR count). The highest BCUT2D eigenvalue weighted by atomic mass is 16.3. The molecule has 1 fully saturated rings. The van der Waals surface area contributed by atoms with Crippen molar-refractivity contribution in [1.82, 2.24) is 5.32 Å². The minimum Gasteiger partial charge on any atom is -0.394 e. The van der Waals surface area contributed by atoms with Crippen LogP contribution in [0.25, 0.3) is 0 Å². The van der Waals surface area contributed by atoms with Crippen LogP contribution in [-0.2, 0) is 5.54 Å². The minimum atomic E-state index is -0.305. The number of hydrogen-bond donors (Lipinski definition) is 2. The molecule has 0 spiro atoms. The van der Waals surface area contributed by atoms with E-state index in [0.29, 0.717) is 0 Å². The fourth-order valence-corrected chi connectivity index (χ4v) is 2.36. The highest BCUT2D eigenvalue weighted by Crippen LogP contribution is 2.30. The molecule has 0 saturated heterocycles. The van der Waals surface area contributed by atoms with Crippen molar-refractivity contribution in [3.8, 4) is 0 Å². The fourth-order valence-electron chi connectivity index (χ4n) is 2.36. The van der Waals surface area contributed by atoms with Crippen LogP contribution in [0, 0.1) is 19.8 Å². The van der Waals surface area contributed by atoms with E-state index in [9.17, 15) is 5.11 Å². The number of aliphatic hydroxyl groups excluding tert-OH is 1. The summed E-state index contributed by atoms with van der Waals surface area (Å²) in [5, 5.41) is 13.2. The Morgan fingerprint density at radius 3 is 2.59 bits per heavy atom. The van der Waals surface area contributed by atoms with Crippen molar-refractivity contribution >= 4 is 0 Å². The first-order valence-corrected chi connectivity index (χ1v) is 6.49. The molecule has 0 radical (unpaired) electrons. The zero-order valence-electron chi connectivity index (χ0n) is 11.1. The molecule has 0 amide bonds. The van der Waals surface area contributed by atoms with Crippen molar-refractivity contribution in [3.63, 3.8) is 0 Å².